The Morgan fingerprint density at radius 2 is 1.54 bits per heavy atom. The average molecular weight is 554 g/mol. The molecule has 0 radical (unpaired) electrons. The Labute approximate surface area is 241 Å². The van der Waals surface area contributed by atoms with Gasteiger partial charge in [-0.05, 0) is 73.8 Å². The molecule has 212 valence electrons. The van der Waals surface area contributed by atoms with Gasteiger partial charge < -0.3 is 24.0 Å². The zero-order valence-corrected chi connectivity index (χ0v) is 23.7. The van der Waals surface area contributed by atoms with Crippen molar-refractivity contribution in [1.29, 1.82) is 5.26 Å². The van der Waals surface area contributed by atoms with Crippen LogP contribution in [0.1, 0.15) is 30.1 Å². The average Bonchev–Trinajstić information content (AvgIpc) is 3.22. The van der Waals surface area contributed by atoms with Crippen LogP contribution >= 0.6 is 0 Å². The van der Waals surface area contributed by atoms with Crippen LogP contribution in [-0.2, 0) is 11.2 Å². The lowest BCUT2D eigenvalue weighted by Crippen LogP contribution is -2.56. The van der Waals surface area contributed by atoms with Gasteiger partial charge in [0.1, 0.15) is 29.0 Å². The summed E-state index contributed by atoms with van der Waals surface area (Å²) in [5.41, 5.74) is 1.50. The molecule has 1 amide bonds. The molecule has 0 aromatic heterocycles. The molecule has 9 heteroatoms. The second-order valence-corrected chi connectivity index (χ2v) is 10.3. The number of aliphatic imine (C=N–C) groups is 1. The lowest BCUT2D eigenvalue weighted by atomic mass is 9.86. The SMILES string of the molecule is COc1ccc(CCN2C(=O)C3(CCN(/C(=N/C#N)Oc4ccccc4)CC3)N(C)C2c2ccc(OC)cc2)cc1. The smallest absolute Gasteiger partial charge is 0.308 e. The van der Waals surface area contributed by atoms with Crippen LogP contribution < -0.4 is 14.2 Å². The number of hydrogen-bond acceptors (Lipinski definition) is 7. The molecule has 0 saturated carbocycles. The number of carbonyl (C=O) groups excluding carboxylic acids is 1. The quantitative estimate of drug-likeness (QED) is 0.242. The van der Waals surface area contributed by atoms with Crippen molar-refractivity contribution in [1.82, 2.24) is 14.7 Å². The number of carbonyl (C=O) groups is 1. The molecular weight excluding hydrogens is 518 g/mol. The molecule has 2 aliphatic heterocycles. The summed E-state index contributed by atoms with van der Waals surface area (Å²) in [6, 6.07) is 25.5. The highest BCUT2D eigenvalue weighted by molar-refractivity contribution is 5.90. The second kappa shape index (κ2) is 12.3. The number of hydrogen-bond donors (Lipinski definition) is 0. The van der Waals surface area contributed by atoms with Gasteiger partial charge in [0.05, 0.1) is 14.2 Å². The predicted molar refractivity (Wildman–Crippen MR) is 156 cm³/mol. The highest BCUT2D eigenvalue weighted by Gasteiger charge is 2.57. The van der Waals surface area contributed by atoms with Gasteiger partial charge in [-0.15, -0.1) is 4.99 Å². The molecule has 9 nitrogen and oxygen atoms in total. The highest BCUT2D eigenvalue weighted by Crippen LogP contribution is 2.45. The summed E-state index contributed by atoms with van der Waals surface area (Å²) in [7, 11) is 5.34. The number of rotatable bonds is 7. The zero-order chi connectivity index (χ0) is 28.8. The minimum Gasteiger partial charge on any atom is -0.497 e. The molecule has 2 aliphatic rings. The highest BCUT2D eigenvalue weighted by atomic mass is 16.5. The number of amidine groups is 1. The third-order valence-electron chi connectivity index (χ3n) is 8.17. The Kier molecular flexibility index (Phi) is 8.41. The van der Waals surface area contributed by atoms with Gasteiger partial charge in [-0.1, -0.05) is 42.5 Å². The van der Waals surface area contributed by atoms with Crippen LogP contribution in [-0.4, -0.2) is 73.1 Å². The Balaban J connectivity index is 1.38. The molecule has 2 saturated heterocycles. The van der Waals surface area contributed by atoms with Gasteiger partial charge in [0.25, 0.3) is 0 Å². The van der Waals surface area contributed by atoms with E-state index in [0.29, 0.717) is 38.2 Å². The molecule has 0 N–H and O–H groups in total. The number of methoxy groups -OCH3 is 2. The third kappa shape index (κ3) is 5.70. The van der Waals surface area contributed by atoms with E-state index in [9.17, 15) is 10.1 Å². The van der Waals surface area contributed by atoms with Gasteiger partial charge in [-0.25, -0.2) is 0 Å². The van der Waals surface area contributed by atoms with Crippen molar-refractivity contribution >= 4 is 11.9 Å². The fourth-order valence-corrected chi connectivity index (χ4v) is 5.85. The first-order valence-electron chi connectivity index (χ1n) is 13.7. The normalized spacial score (nSPS) is 18.8. The minimum absolute atomic E-state index is 0.122. The molecule has 1 unspecified atom stereocenters. The van der Waals surface area contributed by atoms with Crippen molar-refractivity contribution in [2.24, 2.45) is 4.99 Å². The number of benzene rings is 3. The van der Waals surface area contributed by atoms with Gasteiger partial charge >= 0.3 is 6.02 Å². The molecule has 5 rings (SSSR count). The number of likely N-dealkylation sites (N-methyl/N-ethyl adjacent to an activating group) is 1. The van der Waals surface area contributed by atoms with E-state index in [0.717, 1.165) is 29.0 Å². The van der Waals surface area contributed by atoms with E-state index in [1.165, 1.54) is 0 Å². The number of amides is 1. The first-order valence-corrected chi connectivity index (χ1v) is 13.7. The maximum Gasteiger partial charge on any atom is 0.308 e. The Bertz CT molecular complexity index is 1390. The molecule has 0 bridgehead atoms. The maximum absolute atomic E-state index is 14.3. The van der Waals surface area contributed by atoms with E-state index in [1.807, 2.05) is 102 Å². The standard InChI is InChI=1S/C32H35N5O4/c1-35-29(25-11-15-27(40-3)16-12-25)37(20-17-24-9-13-26(39-2)14-10-24)30(38)32(35)18-21-36(22-19-32)31(34-23-33)41-28-7-5-4-6-8-28/h4-16,29H,17-22H2,1-3H3/b34-31-. The molecule has 0 aliphatic carbocycles. The summed E-state index contributed by atoms with van der Waals surface area (Å²) in [4.78, 5) is 24.5. The second-order valence-electron chi connectivity index (χ2n) is 10.3. The summed E-state index contributed by atoms with van der Waals surface area (Å²) in [6.45, 7) is 1.64. The van der Waals surface area contributed by atoms with Gasteiger partial charge in [0, 0.05) is 19.6 Å². The number of ether oxygens (including phenoxy) is 3. The van der Waals surface area contributed by atoms with Crippen LogP contribution in [0.5, 0.6) is 17.2 Å². The van der Waals surface area contributed by atoms with E-state index in [4.69, 9.17) is 14.2 Å². The van der Waals surface area contributed by atoms with Crippen LogP contribution in [0.2, 0.25) is 0 Å². The molecular formula is C32H35N5O4. The van der Waals surface area contributed by atoms with Crippen molar-refractivity contribution in [3.8, 4) is 23.4 Å². The largest absolute Gasteiger partial charge is 0.497 e. The monoisotopic (exact) mass is 553 g/mol. The van der Waals surface area contributed by atoms with Crippen molar-refractivity contribution < 1.29 is 19.0 Å². The maximum atomic E-state index is 14.3. The molecule has 2 fully saturated rings. The van der Waals surface area contributed by atoms with Crippen molar-refractivity contribution in [3.05, 3.63) is 90.0 Å². The first kappa shape index (κ1) is 28.0. The summed E-state index contributed by atoms with van der Waals surface area (Å²) < 4.78 is 16.6. The zero-order valence-electron chi connectivity index (χ0n) is 23.7. The fourth-order valence-electron chi connectivity index (χ4n) is 5.85. The van der Waals surface area contributed by atoms with Crippen molar-refractivity contribution in [3.63, 3.8) is 0 Å². The Morgan fingerprint density at radius 1 is 0.927 bits per heavy atom. The van der Waals surface area contributed by atoms with Gasteiger partial charge in [0.15, 0.2) is 0 Å². The molecule has 41 heavy (non-hydrogen) atoms. The molecule has 1 atom stereocenters. The first-order chi connectivity index (χ1) is 20.0. The predicted octanol–water partition coefficient (Wildman–Crippen LogP) is 4.47. The van der Waals surface area contributed by atoms with Gasteiger partial charge in [-0.2, -0.15) is 5.26 Å². The van der Waals surface area contributed by atoms with E-state index >= 15 is 0 Å². The summed E-state index contributed by atoms with van der Waals surface area (Å²) in [5, 5.41) is 9.32. The van der Waals surface area contributed by atoms with Crippen molar-refractivity contribution in [2.45, 2.75) is 31.0 Å². The van der Waals surface area contributed by atoms with E-state index in [2.05, 4.69) is 9.89 Å². The summed E-state index contributed by atoms with van der Waals surface area (Å²) >= 11 is 0. The molecule has 2 heterocycles. The van der Waals surface area contributed by atoms with Gasteiger partial charge in [-0.3, -0.25) is 9.69 Å². The molecule has 3 aromatic carbocycles. The Morgan fingerprint density at radius 3 is 2.12 bits per heavy atom. The number of para-hydroxylation sites is 1. The topological polar surface area (TPSA) is 90.6 Å². The van der Waals surface area contributed by atoms with Crippen LogP contribution in [0.4, 0.5) is 0 Å². The number of likely N-dealkylation sites (tertiary alicyclic amines) is 1. The molecule has 1 spiro atoms. The van der Waals surface area contributed by atoms with E-state index < -0.39 is 5.54 Å². The summed E-state index contributed by atoms with van der Waals surface area (Å²) in [5.74, 6) is 2.32. The fraction of sp³-hybridized carbons (Fsp3) is 0.344. The lowest BCUT2D eigenvalue weighted by Gasteiger charge is -2.42. The van der Waals surface area contributed by atoms with Crippen LogP contribution in [0.25, 0.3) is 0 Å². The van der Waals surface area contributed by atoms with Crippen LogP contribution in [0, 0.1) is 11.5 Å². The number of piperidine rings is 1. The summed E-state index contributed by atoms with van der Waals surface area (Å²) in [6.07, 6.45) is 3.53. The van der Waals surface area contributed by atoms with Crippen LogP contribution in [0.15, 0.2) is 83.9 Å². The molecule has 3 aromatic rings. The minimum atomic E-state index is -0.675. The van der Waals surface area contributed by atoms with Crippen LogP contribution in [0.3, 0.4) is 0 Å². The van der Waals surface area contributed by atoms with E-state index in [-0.39, 0.29) is 18.1 Å². The third-order valence-corrected chi connectivity index (χ3v) is 8.17. The van der Waals surface area contributed by atoms with E-state index in [1.54, 1.807) is 14.2 Å². The number of nitrogens with zero attached hydrogens (tertiary/aromatic N) is 5. The Hall–Kier alpha value is -4.55. The number of nitriles is 1. The van der Waals surface area contributed by atoms with Crippen molar-refractivity contribution in [2.75, 3.05) is 40.9 Å². The lowest BCUT2D eigenvalue weighted by molar-refractivity contribution is -0.135. The van der Waals surface area contributed by atoms with Gasteiger partial charge in [0.2, 0.25) is 12.1 Å².